The van der Waals surface area contributed by atoms with E-state index in [-0.39, 0.29) is 24.0 Å². The summed E-state index contributed by atoms with van der Waals surface area (Å²) in [6, 6.07) is -0.648. The largest absolute Gasteiger partial charge is 0.380 e. The van der Waals surface area contributed by atoms with Crippen LogP contribution in [0, 0.1) is 5.41 Å². The summed E-state index contributed by atoms with van der Waals surface area (Å²) >= 11 is 0. The van der Waals surface area contributed by atoms with E-state index in [0.717, 1.165) is 19.1 Å². The van der Waals surface area contributed by atoms with E-state index in [1.165, 1.54) is 10.7 Å². The molecule has 132 valence electrons. The zero-order valence-electron chi connectivity index (χ0n) is 13.9. The summed E-state index contributed by atoms with van der Waals surface area (Å²) in [6.07, 6.45) is 4.70. The van der Waals surface area contributed by atoms with Crippen LogP contribution >= 0.6 is 0 Å². The lowest BCUT2D eigenvalue weighted by Crippen LogP contribution is -2.52. The number of methoxy groups -OCH3 is 1. The lowest BCUT2D eigenvalue weighted by Gasteiger charge is -2.43. The minimum absolute atomic E-state index is 0.0847. The summed E-state index contributed by atoms with van der Waals surface area (Å²) in [5.41, 5.74) is 0.0847. The highest BCUT2D eigenvalue weighted by Crippen LogP contribution is 2.43. The van der Waals surface area contributed by atoms with Crippen LogP contribution in [0.15, 0.2) is 0 Å². The van der Waals surface area contributed by atoms with Crippen molar-refractivity contribution in [3.8, 4) is 0 Å². The highest BCUT2D eigenvalue weighted by molar-refractivity contribution is 7.88. The second-order valence-corrected chi connectivity index (χ2v) is 9.04. The van der Waals surface area contributed by atoms with Gasteiger partial charge in [-0.3, -0.25) is 4.79 Å². The Balaban J connectivity index is 1.77. The van der Waals surface area contributed by atoms with Gasteiger partial charge in [0, 0.05) is 38.6 Å². The summed E-state index contributed by atoms with van der Waals surface area (Å²) in [6.45, 7) is 2.69. The molecule has 0 aromatic heterocycles. The molecular formula is C15H26N2O5S. The highest BCUT2D eigenvalue weighted by Gasteiger charge is 2.46. The third-order valence-corrected chi connectivity index (χ3v) is 6.68. The number of rotatable bonds is 3. The van der Waals surface area contributed by atoms with E-state index in [1.54, 1.807) is 7.11 Å². The molecule has 3 aliphatic rings. The fourth-order valence-electron chi connectivity index (χ4n) is 3.90. The molecule has 3 fully saturated rings. The van der Waals surface area contributed by atoms with Crippen molar-refractivity contribution in [3.63, 3.8) is 0 Å². The summed E-state index contributed by atoms with van der Waals surface area (Å²) < 4.78 is 36.3. The molecular weight excluding hydrogens is 320 g/mol. The monoisotopic (exact) mass is 346 g/mol. The van der Waals surface area contributed by atoms with Crippen molar-refractivity contribution in [1.29, 1.82) is 0 Å². The van der Waals surface area contributed by atoms with Gasteiger partial charge in [-0.25, -0.2) is 8.42 Å². The second-order valence-electron chi connectivity index (χ2n) is 7.11. The van der Waals surface area contributed by atoms with Crippen LogP contribution in [0.5, 0.6) is 0 Å². The minimum atomic E-state index is -3.43. The van der Waals surface area contributed by atoms with Crippen molar-refractivity contribution in [2.45, 2.75) is 37.8 Å². The van der Waals surface area contributed by atoms with Crippen LogP contribution in [0.3, 0.4) is 0 Å². The van der Waals surface area contributed by atoms with Crippen LogP contribution < -0.4 is 0 Å². The van der Waals surface area contributed by atoms with Gasteiger partial charge in [0.15, 0.2) is 0 Å². The molecule has 0 bridgehead atoms. The van der Waals surface area contributed by atoms with Crippen molar-refractivity contribution in [2.24, 2.45) is 5.41 Å². The van der Waals surface area contributed by atoms with E-state index in [1.807, 2.05) is 4.90 Å². The van der Waals surface area contributed by atoms with Crippen LogP contribution in [0.2, 0.25) is 0 Å². The smallest absolute Gasteiger partial charge is 0.241 e. The number of ether oxygens (including phenoxy) is 2. The number of hydrogen-bond donors (Lipinski definition) is 0. The van der Waals surface area contributed by atoms with Crippen molar-refractivity contribution in [3.05, 3.63) is 0 Å². The molecule has 2 heterocycles. The van der Waals surface area contributed by atoms with E-state index in [9.17, 15) is 13.2 Å². The van der Waals surface area contributed by atoms with Crippen LogP contribution in [0.4, 0.5) is 0 Å². The zero-order chi connectivity index (χ0) is 16.7. The van der Waals surface area contributed by atoms with Gasteiger partial charge in [0.2, 0.25) is 15.9 Å². The predicted octanol–water partition coefficient (Wildman–Crippen LogP) is 0.0644. The Morgan fingerprint density at radius 3 is 2.65 bits per heavy atom. The fraction of sp³-hybridized carbons (Fsp3) is 0.933. The number of hydrogen-bond acceptors (Lipinski definition) is 5. The Morgan fingerprint density at radius 2 is 2.09 bits per heavy atom. The maximum atomic E-state index is 13.0. The van der Waals surface area contributed by atoms with Crippen LogP contribution in [-0.2, 0) is 24.3 Å². The molecule has 2 atom stereocenters. The predicted molar refractivity (Wildman–Crippen MR) is 84.4 cm³/mol. The number of nitrogens with zero attached hydrogens (tertiary/aromatic N) is 2. The zero-order valence-corrected chi connectivity index (χ0v) is 14.7. The molecule has 2 aliphatic heterocycles. The van der Waals surface area contributed by atoms with Crippen molar-refractivity contribution in [1.82, 2.24) is 9.21 Å². The minimum Gasteiger partial charge on any atom is -0.380 e. The summed E-state index contributed by atoms with van der Waals surface area (Å²) in [4.78, 5) is 14.8. The number of sulfonamides is 1. The lowest BCUT2D eigenvalue weighted by atomic mass is 9.69. The molecule has 0 aromatic rings. The molecule has 1 saturated carbocycles. The Hall–Kier alpha value is -0.700. The standard InChI is InChI=1S/C15H26N2O5S/c1-21-12-8-13(17(9-12)23(2,19)20)14(18)16-6-7-22-11-15(10-16)4-3-5-15/h12-13H,3-11H2,1-2H3/t12-,13+/m0/s1. The van der Waals surface area contributed by atoms with E-state index in [0.29, 0.717) is 32.7 Å². The van der Waals surface area contributed by atoms with Crippen molar-refractivity contribution < 1.29 is 22.7 Å². The van der Waals surface area contributed by atoms with Gasteiger partial charge in [0.1, 0.15) is 6.04 Å². The Morgan fingerprint density at radius 1 is 1.35 bits per heavy atom. The third-order valence-electron chi connectivity index (χ3n) is 5.43. The number of carbonyl (C=O) groups is 1. The molecule has 2 saturated heterocycles. The highest BCUT2D eigenvalue weighted by atomic mass is 32.2. The molecule has 3 rings (SSSR count). The first-order valence-corrected chi connectivity index (χ1v) is 10.1. The van der Waals surface area contributed by atoms with E-state index in [2.05, 4.69) is 0 Å². The summed E-state index contributed by atoms with van der Waals surface area (Å²) in [5.74, 6) is -0.105. The maximum absolute atomic E-state index is 13.0. The van der Waals surface area contributed by atoms with Gasteiger partial charge in [-0.05, 0) is 12.8 Å². The van der Waals surface area contributed by atoms with Gasteiger partial charge < -0.3 is 14.4 Å². The van der Waals surface area contributed by atoms with Gasteiger partial charge >= 0.3 is 0 Å². The lowest BCUT2D eigenvalue weighted by molar-refractivity contribution is -0.136. The van der Waals surface area contributed by atoms with Gasteiger partial charge in [-0.15, -0.1) is 0 Å². The molecule has 0 unspecified atom stereocenters. The maximum Gasteiger partial charge on any atom is 0.241 e. The fourth-order valence-corrected chi connectivity index (χ4v) is 4.98. The molecule has 1 aliphatic carbocycles. The normalized spacial score (nSPS) is 31.8. The van der Waals surface area contributed by atoms with Crippen LogP contribution in [-0.4, -0.2) is 81.9 Å². The van der Waals surface area contributed by atoms with Crippen molar-refractivity contribution >= 4 is 15.9 Å². The topological polar surface area (TPSA) is 76.2 Å². The molecule has 0 N–H and O–H groups in total. The number of carbonyl (C=O) groups excluding carboxylic acids is 1. The molecule has 23 heavy (non-hydrogen) atoms. The van der Waals surface area contributed by atoms with Crippen LogP contribution in [0.1, 0.15) is 25.7 Å². The molecule has 0 aromatic carbocycles. The first-order chi connectivity index (χ1) is 10.8. The summed E-state index contributed by atoms with van der Waals surface area (Å²) in [7, 11) is -1.88. The quantitative estimate of drug-likeness (QED) is 0.722. The molecule has 7 nitrogen and oxygen atoms in total. The molecule has 8 heteroatoms. The van der Waals surface area contributed by atoms with Crippen molar-refractivity contribution in [2.75, 3.05) is 46.2 Å². The van der Waals surface area contributed by atoms with E-state index >= 15 is 0 Å². The SMILES string of the molecule is CO[C@H]1C[C@H](C(=O)N2CCOCC3(CCC3)C2)N(S(C)(=O)=O)C1. The summed E-state index contributed by atoms with van der Waals surface area (Å²) in [5, 5.41) is 0. The average molecular weight is 346 g/mol. The molecule has 0 radical (unpaired) electrons. The van der Waals surface area contributed by atoms with E-state index in [4.69, 9.17) is 9.47 Å². The van der Waals surface area contributed by atoms with Gasteiger partial charge in [-0.2, -0.15) is 4.31 Å². The molecule has 1 spiro atoms. The number of amides is 1. The Kier molecular flexibility index (Phi) is 4.70. The average Bonchev–Trinajstić information content (AvgIpc) is 2.77. The second kappa shape index (κ2) is 6.31. The first kappa shape index (κ1) is 17.1. The Labute approximate surface area is 138 Å². The van der Waals surface area contributed by atoms with Gasteiger partial charge in [-0.1, -0.05) is 6.42 Å². The molecule has 1 amide bonds. The van der Waals surface area contributed by atoms with Gasteiger partial charge in [0.05, 0.1) is 25.6 Å². The van der Waals surface area contributed by atoms with E-state index < -0.39 is 16.1 Å². The van der Waals surface area contributed by atoms with Crippen LogP contribution in [0.25, 0.3) is 0 Å². The first-order valence-electron chi connectivity index (χ1n) is 8.21. The third kappa shape index (κ3) is 3.40. The Bertz CT molecular complexity index is 560. The van der Waals surface area contributed by atoms with Gasteiger partial charge in [0.25, 0.3) is 0 Å².